The summed E-state index contributed by atoms with van der Waals surface area (Å²) in [6.45, 7) is 0.586. The predicted molar refractivity (Wildman–Crippen MR) is 107 cm³/mol. The Kier molecular flexibility index (Phi) is 8.32. The minimum atomic E-state index is -3.69. The highest BCUT2D eigenvalue weighted by Gasteiger charge is 2.19. The van der Waals surface area contributed by atoms with Crippen molar-refractivity contribution in [2.24, 2.45) is 0 Å². The summed E-state index contributed by atoms with van der Waals surface area (Å²) in [5, 5.41) is 0. The van der Waals surface area contributed by atoms with E-state index >= 15 is 0 Å². The zero-order chi connectivity index (χ0) is 21.3. The first-order chi connectivity index (χ1) is 13.9. The van der Waals surface area contributed by atoms with Crippen LogP contribution in [0.1, 0.15) is 15.9 Å². The van der Waals surface area contributed by atoms with Crippen LogP contribution in [0.5, 0.6) is 0 Å². The molecule has 0 atom stereocenters. The Morgan fingerprint density at radius 1 is 1.07 bits per heavy atom. The lowest BCUT2D eigenvalue weighted by atomic mass is 10.2. The molecule has 0 radical (unpaired) electrons. The lowest BCUT2D eigenvalue weighted by Crippen LogP contribution is -2.36. The van der Waals surface area contributed by atoms with Gasteiger partial charge in [-0.2, -0.15) is 0 Å². The van der Waals surface area contributed by atoms with Gasteiger partial charge in [-0.1, -0.05) is 36.4 Å². The number of nitrogens with one attached hydrogen (secondary N) is 1. The van der Waals surface area contributed by atoms with Crippen LogP contribution in [0, 0.1) is 0 Å². The van der Waals surface area contributed by atoms with E-state index in [0.29, 0.717) is 19.7 Å². The van der Waals surface area contributed by atoms with Crippen molar-refractivity contribution in [3.63, 3.8) is 0 Å². The van der Waals surface area contributed by atoms with Gasteiger partial charge < -0.3 is 14.4 Å². The summed E-state index contributed by atoms with van der Waals surface area (Å²) in [5.74, 6) is -1.16. The summed E-state index contributed by atoms with van der Waals surface area (Å²) in [7, 11) is -0.873. The summed E-state index contributed by atoms with van der Waals surface area (Å²) < 4.78 is 36.1. The predicted octanol–water partition coefficient (Wildman–Crippen LogP) is 1.43. The normalized spacial score (nSPS) is 11.1. The van der Waals surface area contributed by atoms with Gasteiger partial charge in [0.2, 0.25) is 10.0 Å². The van der Waals surface area contributed by atoms with E-state index in [-0.39, 0.29) is 16.4 Å². The summed E-state index contributed by atoms with van der Waals surface area (Å²) in [4.78, 5) is 26.3. The van der Waals surface area contributed by atoms with Crippen molar-refractivity contribution >= 4 is 21.9 Å². The maximum Gasteiger partial charge on any atom is 0.338 e. The van der Waals surface area contributed by atoms with Crippen LogP contribution in [0.15, 0.2) is 59.5 Å². The fourth-order valence-electron chi connectivity index (χ4n) is 2.51. The van der Waals surface area contributed by atoms with Crippen molar-refractivity contribution in [3.05, 3.63) is 65.7 Å². The van der Waals surface area contributed by atoms with Gasteiger partial charge in [-0.25, -0.2) is 17.9 Å². The van der Waals surface area contributed by atoms with Crippen molar-refractivity contribution in [2.75, 3.05) is 33.9 Å². The number of nitrogens with zero attached hydrogens (tertiary/aromatic N) is 1. The molecule has 1 amide bonds. The number of sulfonamides is 1. The van der Waals surface area contributed by atoms with Gasteiger partial charge in [-0.15, -0.1) is 0 Å². The van der Waals surface area contributed by atoms with E-state index in [2.05, 4.69) is 4.72 Å². The van der Waals surface area contributed by atoms with Crippen LogP contribution in [0.25, 0.3) is 0 Å². The molecule has 0 fully saturated rings. The van der Waals surface area contributed by atoms with Gasteiger partial charge in [-0.05, 0) is 30.8 Å². The summed E-state index contributed by atoms with van der Waals surface area (Å²) in [5.41, 5.74) is 0.980. The van der Waals surface area contributed by atoms with Gasteiger partial charge in [0.05, 0.1) is 17.1 Å². The van der Waals surface area contributed by atoms with Crippen LogP contribution >= 0.6 is 0 Å². The quantitative estimate of drug-likeness (QED) is 0.584. The third-order valence-corrected chi connectivity index (χ3v) is 5.52. The highest BCUT2D eigenvalue weighted by atomic mass is 32.2. The van der Waals surface area contributed by atoms with Crippen LogP contribution < -0.4 is 4.72 Å². The van der Waals surface area contributed by atoms with Crippen molar-refractivity contribution in [2.45, 2.75) is 11.4 Å². The molecule has 9 heteroatoms. The average Bonchev–Trinajstić information content (AvgIpc) is 2.75. The summed E-state index contributed by atoms with van der Waals surface area (Å²) in [6.07, 6.45) is 0. The second-order valence-electron chi connectivity index (χ2n) is 6.11. The zero-order valence-electron chi connectivity index (χ0n) is 16.3. The number of hydrogen-bond acceptors (Lipinski definition) is 6. The Labute approximate surface area is 170 Å². The molecule has 0 saturated carbocycles. The molecule has 156 valence electrons. The minimum absolute atomic E-state index is 0.0422. The largest absolute Gasteiger partial charge is 0.452 e. The molecule has 0 unspecified atom stereocenters. The number of esters is 1. The van der Waals surface area contributed by atoms with Crippen molar-refractivity contribution in [3.8, 4) is 0 Å². The number of rotatable bonds is 10. The van der Waals surface area contributed by atoms with Crippen LogP contribution in [0.4, 0.5) is 0 Å². The zero-order valence-corrected chi connectivity index (χ0v) is 17.1. The van der Waals surface area contributed by atoms with Gasteiger partial charge >= 0.3 is 5.97 Å². The first kappa shape index (κ1) is 22.5. The molecule has 0 aromatic heterocycles. The van der Waals surface area contributed by atoms with Crippen LogP contribution in [0.2, 0.25) is 0 Å². The molecule has 0 aliphatic carbocycles. The average molecular weight is 420 g/mol. The van der Waals surface area contributed by atoms with E-state index in [4.69, 9.17) is 9.47 Å². The molecular weight excluding hydrogens is 396 g/mol. The number of hydrogen-bond donors (Lipinski definition) is 1. The number of benzene rings is 2. The highest BCUT2D eigenvalue weighted by Crippen LogP contribution is 2.12. The molecule has 0 spiro atoms. The van der Waals surface area contributed by atoms with E-state index in [9.17, 15) is 18.0 Å². The Bertz CT molecular complexity index is 931. The lowest BCUT2D eigenvalue weighted by Gasteiger charge is -2.22. The van der Waals surface area contributed by atoms with Crippen molar-refractivity contribution in [1.29, 1.82) is 0 Å². The second kappa shape index (κ2) is 10.7. The molecule has 0 aliphatic rings. The SMILES string of the molecule is CNS(=O)(=O)c1cccc(C(=O)OCC(=O)N(CCOC)Cc2ccccc2)c1. The van der Waals surface area contributed by atoms with E-state index in [0.717, 1.165) is 5.56 Å². The first-order valence-electron chi connectivity index (χ1n) is 8.88. The van der Waals surface area contributed by atoms with Crippen molar-refractivity contribution in [1.82, 2.24) is 9.62 Å². The van der Waals surface area contributed by atoms with Crippen molar-refractivity contribution < 1.29 is 27.5 Å². The molecule has 0 bridgehead atoms. The van der Waals surface area contributed by atoms with Gasteiger partial charge in [0.15, 0.2) is 6.61 Å². The summed E-state index contributed by atoms with van der Waals surface area (Å²) >= 11 is 0. The topological polar surface area (TPSA) is 102 Å². The molecule has 8 nitrogen and oxygen atoms in total. The molecule has 2 aromatic carbocycles. The molecule has 0 saturated heterocycles. The Balaban J connectivity index is 2.03. The van der Waals surface area contributed by atoms with E-state index < -0.39 is 22.6 Å². The molecule has 29 heavy (non-hydrogen) atoms. The van der Waals surface area contributed by atoms with E-state index in [1.54, 1.807) is 0 Å². The number of amides is 1. The Morgan fingerprint density at radius 3 is 2.45 bits per heavy atom. The number of carbonyl (C=O) groups is 2. The fraction of sp³-hybridized carbons (Fsp3) is 0.300. The number of methoxy groups -OCH3 is 1. The minimum Gasteiger partial charge on any atom is -0.452 e. The Hall–Kier alpha value is -2.75. The molecule has 0 aliphatic heterocycles. The maximum atomic E-state index is 12.5. The molecule has 0 heterocycles. The van der Waals surface area contributed by atoms with Gasteiger partial charge in [0.1, 0.15) is 0 Å². The van der Waals surface area contributed by atoms with Crippen LogP contribution in [-0.2, 0) is 30.8 Å². The first-order valence-corrected chi connectivity index (χ1v) is 10.4. The smallest absolute Gasteiger partial charge is 0.338 e. The summed E-state index contributed by atoms with van der Waals surface area (Å²) in [6, 6.07) is 14.8. The number of ether oxygens (including phenoxy) is 2. The molecule has 2 aromatic rings. The van der Waals surface area contributed by atoms with Crippen LogP contribution in [0.3, 0.4) is 0 Å². The lowest BCUT2D eigenvalue weighted by molar-refractivity contribution is -0.135. The standard InChI is InChI=1S/C20H24N2O6S/c1-21-29(25,26)18-10-6-9-17(13-18)20(24)28-15-19(23)22(11-12-27-2)14-16-7-4-3-5-8-16/h3-10,13,21H,11-12,14-15H2,1-2H3. The molecule has 1 N–H and O–H groups in total. The Morgan fingerprint density at radius 2 is 1.79 bits per heavy atom. The van der Waals surface area contributed by atoms with Gasteiger partial charge in [0.25, 0.3) is 5.91 Å². The third-order valence-electron chi connectivity index (χ3n) is 4.11. The second-order valence-corrected chi connectivity index (χ2v) is 7.99. The maximum absolute atomic E-state index is 12.5. The monoisotopic (exact) mass is 420 g/mol. The molecular formula is C20H24N2O6S. The number of carbonyl (C=O) groups excluding carboxylic acids is 2. The van der Waals surface area contributed by atoms with E-state index in [1.165, 1.54) is 43.3 Å². The molecule has 2 rings (SSSR count). The van der Waals surface area contributed by atoms with E-state index in [1.807, 2.05) is 30.3 Å². The van der Waals surface area contributed by atoms with Gasteiger partial charge in [-0.3, -0.25) is 4.79 Å². The van der Waals surface area contributed by atoms with Gasteiger partial charge in [0, 0.05) is 20.2 Å². The third kappa shape index (κ3) is 6.67. The fourth-order valence-corrected chi connectivity index (χ4v) is 3.28. The van der Waals surface area contributed by atoms with Crippen LogP contribution in [-0.4, -0.2) is 59.1 Å². The highest BCUT2D eigenvalue weighted by molar-refractivity contribution is 7.89.